The molecule has 3 heterocycles. The average Bonchev–Trinajstić information content (AvgIpc) is 3.20. The zero-order valence-corrected chi connectivity index (χ0v) is 19.6. The van der Waals surface area contributed by atoms with Gasteiger partial charge in [-0.25, -0.2) is 0 Å². The van der Waals surface area contributed by atoms with E-state index in [2.05, 4.69) is 56.8 Å². The highest BCUT2D eigenvalue weighted by Crippen LogP contribution is 2.33. The Balaban J connectivity index is 1.53. The van der Waals surface area contributed by atoms with Crippen molar-refractivity contribution >= 4 is 39.3 Å². The number of rotatable bonds is 9. The van der Waals surface area contributed by atoms with Gasteiger partial charge in [-0.1, -0.05) is 43.0 Å². The monoisotopic (exact) mass is 446 g/mol. The third kappa shape index (κ3) is 6.02. The number of carbonyl (C=O) groups excluding carboxylic acids is 1. The molecule has 1 saturated heterocycles. The van der Waals surface area contributed by atoms with Gasteiger partial charge in [0.25, 0.3) is 0 Å². The molecule has 0 bridgehead atoms. The smallest absolute Gasteiger partial charge is 0.223 e. The van der Waals surface area contributed by atoms with Crippen LogP contribution in [0, 0.1) is 0 Å². The van der Waals surface area contributed by atoms with Crippen LogP contribution in [0.1, 0.15) is 39.3 Å². The van der Waals surface area contributed by atoms with Crippen LogP contribution in [0.3, 0.4) is 0 Å². The second-order valence-electron chi connectivity index (χ2n) is 7.39. The normalized spacial score (nSPS) is 15.8. The predicted molar refractivity (Wildman–Crippen MR) is 125 cm³/mol. The molecule has 3 rings (SSSR count). The molecule has 2 aromatic rings. The third-order valence-corrected chi connectivity index (χ3v) is 7.25. The minimum Gasteiger partial charge on any atom is -0.344 e. The van der Waals surface area contributed by atoms with Gasteiger partial charge in [0.15, 0.2) is 0 Å². The highest BCUT2D eigenvalue weighted by molar-refractivity contribution is 8.03. The molecule has 0 spiro atoms. The van der Waals surface area contributed by atoms with Crippen molar-refractivity contribution < 1.29 is 4.79 Å². The maximum Gasteiger partial charge on any atom is 0.223 e. The number of thioether (sulfide) groups is 1. The van der Waals surface area contributed by atoms with E-state index in [-0.39, 0.29) is 11.9 Å². The molecule has 1 amide bonds. The summed E-state index contributed by atoms with van der Waals surface area (Å²) in [5.74, 6) is -0.126. The maximum absolute atomic E-state index is 11.2. The van der Waals surface area contributed by atoms with Gasteiger partial charge in [0.1, 0.15) is 0 Å². The van der Waals surface area contributed by atoms with Crippen molar-refractivity contribution in [3.63, 3.8) is 0 Å². The number of hydrogen-bond acceptors (Lipinski definition) is 8. The Morgan fingerprint density at radius 1 is 1.33 bits per heavy atom. The molecule has 7 nitrogen and oxygen atoms in total. The number of pyridine rings is 1. The van der Waals surface area contributed by atoms with Crippen molar-refractivity contribution in [2.45, 2.75) is 51.0 Å². The van der Waals surface area contributed by atoms with Gasteiger partial charge in [0.2, 0.25) is 16.2 Å². The van der Waals surface area contributed by atoms with E-state index < -0.39 is 0 Å². The Bertz CT molecular complexity index is 863. The van der Waals surface area contributed by atoms with E-state index in [1.807, 2.05) is 12.3 Å². The van der Waals surface area contributed by atoms with E-state index >= 15 is 0 Å². The first kappa shape index (κ1) is 22.7. The van der Waals surface area contributed by atoms with E-state index in [0.29, 0.717) is 5.13 Å². The molecule has 0 radical (unpaired) electrons. The van der Waals surface area contributed by atoms with Gasteiger partial charge in [-0.3, -0.25) is 14.7 Å². The van der Waals surface area contributed by atoms with Crippen molar-refractivity contribution in [1.82, 2.24) is 20.1 Å². The number of hydrogen-bond donors (Lipinski definition) is 1. The summed E-state index contributed by atoms with van der Waals surface area (Å²) < 4.78 is 0. The largest absolute Gasteiger partial charge is 0.344 e. The summed E-state index contributed by atoms with van der Waals surface area (Å²) in [5, 5.41) is 12.4. The first-order chi connectivity index (χ1) is 14.5. The van der Waals surface area contributed by atoms with Gasteiger partial charge < -0.3 is 10.2 Å². The second kappa shape index (κ2) is 10.9. The van der Waals surface area contributed by atoms with Crippen LogP contribution in [0.4, 0.5) is 10.3 Å². The predicted octanol–water partition coefficient (Wildman–Crippen LogP) is 4.05. The van der Waals surface area contributed by atoms with Crippen molar-refractivity contribution in [2.24, 2.45) is 0 Å². The van der Waals surface area contributed by atoms with E-state index in [1.54, 1.807) is 11.8 Å². The summed E-state index contributed by atoms with van der Waals surface area (Å²) in [7, 11) is 0. The lowest BCUT2D eigenvalue weighted by Gasteiger charge is -2.38. The molecule has 1 N–H and O–H groups in total. The van der Waals surface area contributed by atoms with Crippen LogP contribution in [-0.4, -0.2) is 58.2 Å². The number of aromatic nitrogens is 3. The zero-order valence-electron chi connectivity index (χ0n) is 17.9. The standard InChI is InChI=1S/C21H30N6OS2/c1-5-6-8-18-19(9-7-10-22-18)29-16(3)15(2)26-11-13-27(14-12-26)21-25-24-20(30-21)23-17(4)28/h7,9-10,15H,3,5-6,8,11-14H2,1-2,4H3,(H,23,24,28). The van der Waals surface area contributed by atoms with Gasteiger partial charge >= 0.3 is 0 Å². The van der Waals surface area contributed by atoms with Crippen LogP contribution >= 0.6 is 23.1 Å². The number of anilines is 2. The number of nitrogens with zero attached hydrogens (tertiary/aromatic N) is 5. The molecular formula is C21H30N6OS2. The SMILES string of the molecule is C=C(Sc1cccnc1CCCC)C(C)N1CCN(c2nnc(NC(C)=O)s2)CC1. The van der Waals surface area contributed by atoms with Crippen LogP contribution in [0.15, 0.2) is 34.7 Å². The molecule has 1 aliphatic rings. The van der Waals surface area contributed by atoms with E-state index in [0.717, 1.165) is 49.1 Å². The fraction of sp³-hybridized carbons (Fsp3) is 0.524. The third-order valence-electron chi connectivity index (χ3n) is 5.15. The summed E-state index contributed by atoms with van der Waals surface area (Å²) in [4.78, 5) is 22.8. The number of carbonyl (C=O) groups is 1. The van der Waals surface area contributed by atoms with Gasteiger partial charge in [-0.2, -0.15) is 0 Å². The Labute approximate surface area is 187 Å². The molecule has 1 fully saturated rings. The molecule has 1 aliphatic heterocycles. The summed E-state index contributed by atoms with van der Waals surface area (Å²) in [6.07, 6.45) is 5.22. The van der Waals surface area contributed by atoms with Crippen LogP contribution < -0.4 is 10.2 Å². The van der Waals surface area contributed by atoms with E-state index in [4.69, 9.17) is 0 Å². The van der Waals surface area contributed by atoms with Gasteiger partial charge in [0.05, 0.1) is 5.69 Å². The van der Waals surface area contributed by atoms with Crippen molar-refractivity contribution in [3.05, 3.63) is 35.5 Å². The average molecular weight is 447 g/mol. The summed E-state index contributed by atoms with van der Waals surface area (Å²) >= 11 is 3.17. The van der Waals surface area contributed by atoms with Gasteiger partial charge in [0, 0.05) is 50.2 Å². The molecule has 30 heavy (non-hydrogen) atoms. The molecule has 162 valence electrons. The van der Waals surface area contributed by atoms with Crippen LogP contribution in [-0.2, 0) is 11.2 Å². The van der Waals surface area contributed by atoms with Crippen molar-refractivity contribution in [3.8, 4) is 0 Å². The van der Waals surface area contributed by atoms with Crippen LogP contribution in [0.25, 0.3) is 0 Å². The Kier molecular flexibility index (Phi) is 8.24. The highest BCUT2D eigenvalue weighted by atomic mass is 32.2. The topological polar surface area (TPSA) is 74.2 Å². The summed E-state index contributed by atoms with van der Waals surface area (Å²) in [6.45, 7) is 13.9. The lowest BCUT2D eigenvalue weighted by atomic mass is 10.2. The van der Waals surface area contributed by atoms with Crippen LogP contribution in [0.5, 0.6) is 0 Å². The molecule has 1 atom stereocenters. The lowest BCUT2D eigenvalue weighted by molar-refractivity contribution is -0.114. The van der Waals surface area contributed by atoms with Crippen LogP contribution in [0.2, 0.25) is 0 Å². The fourth-order valence-electron chi connectivity index (χ4n) is 3.32. The van der Waals surface area contributed by atoms with Gasteiger partial charge in [-0.05, 0) is 36.8 Å². The van der Waals surface area contributed by atoms with E-state index in [1.165, 1.54) is 35.3 Å². The molecule has 0 saturated carbocycles. The molecule has 0 aliphatic carbocycles. The summed E-state index contributed by atoms with van der Waals surface area (Å²) in [6, 6.07) is 4.44. The van der Waals surface area contributed by atoms with Gasteiger partial charge in [-0.15, -0.1) is 10.2 Å². The first-order valence-electron chi connectivity index (χ1n) is 10.4. The molecule has 1 unspecified atom stereocenters. The fourth-order valence-corrected chi connectivity index (χ4v) is 5.19. The van der Waals surface area contributed by atoms with E-state index in [9.17, 15) is 4.79 Å². The Morgan fingerprint density at radius 2 is 2.10 bits per heavy atom. The maximum atomic E-state index is 11.2. The molecular weight excluding hydrogens is 416 g/mol. The molecule has 9 heteroatoms. The lowest BCUT2D eigenvalue weighted by Crippen LogP contribution is -2.49. The number of amides is 1. The quantitative estimate of drug-likeness (QED) is 0.583. The summed E-state index contributed by atoms with van der Waals surface area (Å²) in [5.41, 5.74) is 1.17. The van der Waals surface area contributed by atoms with Crippen molar-refractivity contribution in [2.75, 3.05) is 36.4 Å². The minimum absolute atomic E-state index is 0.126. The first-order valence-corrected chi connectivity index (χ1v) is 12.0. The zero-order chi connectivity index (χ0) is 21.5. The van der Waals surface area contributed by atoms with Crippen molar-refractivity contribution in [1.29, 1.82) is 0 Å². The molecule has 2 aromatic heterocycles. The number of piperazine rings is 1. The minimum atomic E-state index is -0.126. The Morgan fingerprint density at radius 3 is 2.80 bits per heavy atom. The second-order valence-corrected chi connectivity index (χ2v) is 9.51. The number of nitrogens with one attached hydrogen (secondary N) is 1. The Hall–Kier alpha value is -1.97. The number of aryl methyl sites for hydroxylation is 1. The highest BCUT2D eigenvalue weighted by Gasteiger charge is 2.25. The number of unbranched alkanes of at least 4 members (excludes halogenated alkanes) is 1. The molecule has 0 aromatic carbocycles.